The highest BCUT2D eigenvalue weighted by atomic mass is 16.5. The molecule has 1 saturated heterocycles. The van der Waals surface area contributed by atoms with Gasteiger partial charge >= 0.3 is 0 Å². The number of ether oxygens (including phenoxy) is 1. The highest BCUT2D eigenvalue weighted by Gasteiger charge is 2.18. The summed E-state index contributed by atoms with van der Waals surface area (Å²) < 4.78 is 5.39. The highest BCUT2D eigenvalue weighted by molar-refractivity contribution is 5.97. The molecule has 0 N–H and O–H groups in total. The van der Waals surface area contributed by atoms with Crippen LogP contribution in [0.25, 0.3) is 0 Å². The van der Waals surface area contributed by atoms with Crippen LogP contribution in [0.1, 0.15) is 40.7 Å². The number of nitrogens with zero attached hydrogens (tertiary/aromatic N) is 1. The first-order valence-electron chi connectivity index (χ1n) is 8.13. The largest absolute Gasteiger partial charge is 0.381 e. The van der Waals surface area contributed by atoms with Gasteiger partial charge in [-0.2, -0.15) is 0 Å². The SMILES string of the molecule is CN(CC(=O)c1ccc2c(c1)CCC2)CC1CCOCC1. The third kappa shape index (κ3) is 3.72. The van der Waals surface area contributed by atoms with Gasteiger partial charge in [-0.15, -0.1) is 0 Å². The van der Waals surface area contributed by atoms with Gasteiger partial charge in [-0.05, 0) is 62.3 Å². The summed E-state index contributed by atoms with van der Waals surface area (Å²) in [6, 6.07) is 6.27. The average Bonchev–Trinajstić information content (AvgIpc) is 2.95. The van der Waals surface area contributed by atoms with Crippen LogP contribution in [0.15, 0.2) is 18.2 Å². The summed E-state index contributed by atoms with van der Waals surface area (Å²) in [4.78, 5) is 14.6. The molecular formula is C18H25NO2. The van der Waals surface area contributed by atoms with Crippen LogP contribution in [-0.2, 0) is 17.6 Å². The van der Waals surface area contributed by atoms with Gasteiger partial charge in [-0.3, -0.25) is 9.69 Å². The number of hydrogen-bond acceptors (Lipinski definition) is 3. The second-order valence-electron chi connectivity index (χ2n) is 6.51. The van der Waals surface area contributed by atoms with Crippen LogP contribution >= 0.6 is 0 Å². The molecule has 0 amide bonds. The van der Waals surface area contributed by atoms with Crippen molar-refractivity contribution in [2.75, 3.05) is 33.4 Å². The molecule has 1 aliphatic carbocycles. The number of rotatable bonds is 5. The maximum absolute atomic E-state index is 12.4. The first-order chi connectivity index (χ1) is 10.2. The van der Waals surface area contributed by atoms with Crippen LogP contribution < -0.4 is 0 Å². The van der Waals surface area contributed by atoms with E-state index in [0.29, 0.717) is 12.5 Å². The molecule has 0 aromatic heterocycles. The van der Waals surface area contributed by atoms with Crippen molar-refractivity contribution in [1.29, 1.82) is 0 Å². The molecule has 114 valence electrons. The Balaban J connectivity index is 1.55. The van der Waals surface area contributed by atoms with E-state index in [2.05, 4.69) is 24.1 Å². The molecule has 0 unspecified atom stereocenters. The first-order valence-corrected chi connectivity index (χ1v) is 8.13. The lowest BCUT2D eigenvalue weighted by atomic mass is 9.99. The van der Waals surface area contributed by atoms with Crippen molar-refractivity contribution in [3.63, 3.8) is 0 Å². The number of hydrogen-bond donors (Lipinski definition) is 0. The van der Waals surface area contributed by atoms with Crippen molar-refractivity contribution < 1.29 is 9.53 Å². The van der Waals surface area contributed by atoms with Gasteiger partial charge in [0.15, 0.2) is 5.78 Å². The van der Waals surface area contributed by atoms with E-state index in [1.54, 1.807) is 0 Å². The molecule has 1 aromatic rings. The Hall–Kier alpha value is -1.19. The third-order valence-corrected chi connectivity index (χ3v) is 4.74. The highest BCUT2D eigenvalue weighted by Crippen LogP contribution is 2.23. The molecule has 1 aliphatic heterocycles. The molecule has 1 aromatic carbocycles. The van der Waals surface area contributed by atoms with E-state index in [4.69, 9.17) is 4.74 Å². The summed E-state index contributed by atoms with van der Waals surface area (Å²) in [6.07, 6.45) is 5.78. The van der Waals surface area contributed by atoms with Crippen LogP contribution in [-0.4, -0.2) is 44.0 Å². The van der Waals surface area contributed by atoms with Crippen LogP contribution in [0.3, 0.4) is 0 Å². The fourth-order valence-electron chi connectivity index (χ4n) is 3.52. The lowest BCUT2D eigenvalue weighted by molar-refractivity contribution is 0.0549. The van der Waals surface area contributed by atoms with Gasteiger partial charge in [0.2, 0.25) is 0 Å². The minimum Gasteiger partial charge on any atom is -0.381 e. The summed E-state index contributed by atoms with van der Waals surface area (Å²) >= 11 is 0. The van der Waals surface area contributed by atoms with Gasteiger partial charge in [-0.1, -0.05) is 12.1 Å². The van der Waals surface area contributed by atoms with Crippen LogP contribution in [0, 0.1) is 5.92 Å². The maximum atomic E-state index is 12.4. The van der Waals surface area contributed by atoms with E-state index < -0.39 is 0 Å². The van der Waals surface area contributed by atoms with E-state index >= 15 is 0 Å². The Bertz CT molecular complexity index is 506. The molecule has 0 spiro atoms. The van der Waals surface area contributed by atoms with E-state index in [0.717, 1.165) is 44.6 Å². The number of fused-ring (bicyclic) bond motifs is 1. The smallest absolute Gasteiger partial charge is 0.176 e. The topological polar surface area (TPSA) is 29.5 Å². The van der Waals surface area contributed by atoms with Crippen LogP contribution in [0.4, 0.5) is 0 Å². The average molecular weight is 287 g/mol. The predicted molar refractivity (Wildman–Crippen MR) is 83.8 cm³/mol. The Morgan fingerprint density at radius 3 is 2.81 bits per heavy atom. The quantitative estimate of drug-likeness (QED) is 0.780. The fourth-order valence-corrected chi connectivity index (χ4v) is 3.52. The van der Waals surface area contributed by atoms with Gasteiger partial charge < -0.3 is 4.74 Å². The van der Waals surface area contributed by atoms with E-state index in [1.807, 2.05) is 6.07 Å². The molecule has 2 aliphatic rings. The molecule has 3 rings (SSSR count). The molecule has 21 heavy (non-hydrogen) atoms. The predicted octanol–water partition coefficient (Wildman–Crippen LogP) is 2.72. The molecule has 1 fully saturated rings. The molecule has 3 heteroatoms. The van der Waals surface area contributed by atoms with Crippen molar-refractivity contribution in [3.8, 4) is 0 Å². The maximum Gasteiger partial charge on any atom is 0.176 e. The standard InChI is InChI=1S/C18H25NO2/c1-19(12-14-7-9-21-10-8-14)13-18(20)17-6-5-15-3-2-4-16(15)11-17/h5-6,11,14H,2-4,7-10,12-13H2,1H3. The van der Waals surface area contributed by atoms with Crippen molar-refractivity contribution in [2.24, 2.45) is 5.92 Å². The lowest BCUT2D eigenvalue weighted by Crippen LogP contribution is -2.33. The molecule has 1 heterocycles. The van der Waals surface area contributed by atoms with Crippen molar-refractivity contribution in [2.45, 2.75) is 32.1 Å². The van der Waals surface area contributed by atoms with Crippen molar-refractivity contribution in [1.82, 2.24) is 4.90 Å². The first kappa shape index (κ1) is 14.7. The summed E-state index contributed by atoms with van der Waals surface area (Å²) in [7, 11) is 2.06. The fraction of sp³-hybridized carbons (Fsp3) is 0.611. The zero-order chi connectivity index (χ0) is 14.7. The molecule has 0 radical (unpaired) electrons. The molecule has 0 atom stereocenters. The summed E-state index contributed by atoms with van der Waals surface area (Å²) in [5, 5.41) is 0. The second-order valence-corrected chi connectivity index (χ2v) is 6.51. The van der Waals surface area contributed by atoms with Crippen molar-refractivity contribution >= 4 is 5.78 Å². The van der Waals surface area contributed by atoms with Gasteiger partial charge in [0, 0.05) is 25.3 Å². The van der Waals surface area contributed by atoms with Gasteiger partial charge in [0.1, 0.15) is 0 Å². The zero-order valence-electron chi connectivity index (χ0n) is 12.9. The van der Waals surface area contributed by atoms with Gasteiger partial charge in [0.25, 0.3) is 0 Å². The molecule has 0 saturated carbocycles. The number of carbonyl (C=O) groups excluding carboxylic acids is 1. The van der Waals surface area contributed by atoms with Crippen LogP contribution in [0.5, 0.6) is 0 Å². The Morgan fingerprint density at radius 2 is 2.00 bits per heavy atom. The van der Waals surface area contributed by atoms with Gasteiger partial charge in [-0.25, -0.2) is 0 Å². The van der Waals surface area contributed by atoms with E-state index in [9.17, 15) is 4.79 Å². The summed E-state index contributed by atoms with van der Waals surface area (Å²) in [6.45, 7) is 3.27. The molecule has 0 bridgehead atoms. The van der Waals surface area contributed by atoms with Crippen LogP contribution in [0.2, 0.25) is 0 Å². The number of likely N-dealkylation sites (N-methyl/N-ethyl adjacent to an activating group) is 1. The third-order valence-electron chi connectivity index (χ3n) is 4.74. The Morgan fingerprint density at radius 1 is 1.24 bits per heavy atom. The number of Topliss-reactive ketones (excluding diaryl/α,β-unsaturated/α-hetero) is 1. The number of benzene rings is 1. The normalized spacial score (nSPS) is 19.0. The van der Waals surface area contributed by atoms with E-state index in [-0.39, 0.29) is 5.78 Å². The number of carbonyl (C=O) groups is 1. The summed E-state index contributed by atoms with van der Waals surface area (Å²) in [5.74, 6) is 0.927. The Labute approximate surface area is 127 Å². The van der Waals surface area contributed by atoms with Gasteiger partial charge in [0.05, 0.1) is 6.54 Å². The lowest BCUT2D eigenvalue weighted by Gasteiger charge is -2.26. The second kappa shape index (κ2) is 6.71. The Kier molecular flexibility index (Phi) is 4.71. The minimum absolute atomic E-state index is 0.249. The molecule has 3 nitrogen and oxygen atoms in total. The molecular weight excluding hydrogens is 262 g/mol. The minimum atomic E-state index is 0.249. The van der Waals surface area contributed by atoms with E-state index in [1.165, 1.54) is 24.0 Å². The van der Waals surface area contributed by atoms with Crippen molar-refractivity contribution in [3.05, 3.63) is 34.9 Å². The summed E-state index contributed by atoms with van der Waals surface area (Å²) in [5.41, 5.74) is 3.70. The monoisotopic (exact) mass is 287 g/mol. The zero-order valence-corrected chi connectivity index (χ0v) is 12.9. The number of ketones is 1. The number of aryl methyl sites for hydroxylation is 2.